The molecule has 0 N–H and O–H groups in total. The van der Waals surface area contributed by atoms with Gasteiger partial charge in [-0.3, -0.25) is 4.98 Å². The lowest BCUT2D eigenvalue weighted by Crippen LogP contribution is -2.05. The zero-order valence-electron chi connectivity index (χ0n) is 11.8. The van der Waals surface area contributed by atoms with E-state index in [2.05, 4.69) is 4.98 Å². The lowest BCUT2D eigenvalue weighted by atomic mass is 10.1. The van der Waals surface area contributed by atoms with E-state index in [1.54, 1.807) is 25.4 Å². The van der Waals surface area contributed by atoms with Gasteiger partial charge < -0.3 is 4.74 Å². The molecule has 1 aromatic heterocycles. The van der Waals surface area contributed by atoms with Crippen LogP contribution >= 0.6 is 10.7 Å². The van der Waals surface area contributed by atoms with Gasteiger partial charge >= 0.3 is 0 Å². The molecule has 0 radical (unpaired) electrons. The van der Waals surface area contributed by atoms with Crippen molar-refractivity contribution in [1.29, 1.82) is 0 Å². The van der Waals surface area contributed by atoms with Crippen LogP contribution in [0.15, 0.2) is 41.6 Å². The highest BCUT2D eigenvalue weighted by atomic mass is 35.7. The molecule has 2 aromatic rings. The molecular weight excluding hydrogens is 310 g/mol. The fourth-order valence-corrected chi connectivity index (χ4v) is 3.27. The molecule has 21 heavy (non-hydrogen) atoms. The molecule has 0 saturated heterocycles. The second kappa shape index (κ2) is 6.45. The summed E-state index contributed by atoms with van der Waals surface area (Å²) in [5.41, 5.74) is 2.48. The molecule has 0 aliphatic carbocycles. The second-order valence-corrected chi connectivity index (χ2v) is 7.24. The number of nitrogens with zero attached hydrogens (tertiary/aromatic N) is 1. The minimum Gasteiger partial charge on any atom is -0.493 e. The van der Waals surface area contributed by atoms with Gasteiger partial charge in [0.2, 0.25) is 0 Å². The van der Waals surface area contributed by atoms with Crippen LogP contribution < -0.4 is 4.74 Å². The van der Waals surface area contributed by atoms with Crippen LogP contribution in [0.25, 0.3) is 0 Å². The number of aromatic nitrogens is 1. The van der Waals surface area contributed by atoms with Crippen molar-refractivity contribution >= 4 is 19.7 Å². The summed E-state index contributed by atoms with van der Waals surface area (Å²) in [7, 11) is 1.67. The Labute approximate surface area is 129 Å². The topological polar surface area (TPSA) is 56.3 Å². The molecule has 0 saturated carbocycles. The predicted octanol–water partition coefficient (Wildman–Crippen LogP) is 3.25. The van der Waals surface area contributed by atoms with Crippen molar-refractivity contribution in [3.05, 3.63) is 53.3 Å². The maximum absolute atomic E-state index is 11.4. The van der Waals surface area contributed by atoms with Crippen molar-refractivity contribution in [1.82, 2.24) is 4.98 Å². The van der Waals surface area contributed by atoms with Gasteiger partial charge in [0.25, 0.3) is 9.05 Å². The van der Waals surface area contributed by atoms with E-state index in [0.29, 0.717) is 17.9 Å². The van der Waals surface area contributed by atoms with Gasteiger partial charge in [-0.2, -0.15) is 0 Å². The normalized spacial score (nSPS) is 11.4. The van der Waals surface area contributed by atoms with Gasteiger partial charge in [-0.15, -0.1) is 0 Å². The minimum atomic E-state index is -3.73. The molecule has 2 rings (SSSR count). The van der Waals surface area contributed by atoms with Gasteiger partial charge in [0.15, 0.2) is 0 Å². The Morgan fingerprint density at radius 3 is 2.57 bits per heavy atom. The van der Waals surface area contributed by atoms with Crippen LogP contribution in [0, 0.1) is 13.8 Å². The summed E-state index contributed by atoms with van der Waals surface area (Å²) in [5.74, 6) is 0.667. The third-order valence-corrected chi connectivity index (χ3v) is 4.79. The van der Waals surface area contributed by atoms with E-state index in [0.717, 1.165) is 17.5 Å². The summed E-state index contributed by atoms with van der Waals surface area (Å²) in [6, 6.07) is 6.98. The van der Waals surface area contributed by atoms with Crippen molar-refractivity contribution in [2.75, 3.05) is 6.61 Å². The number of ether oxygens (including phenoxy) is 1. The molecule has 0 aliphatic rings. The Morgan fingerprint density at radius 2 is 1.95 bits per heavy atom. The lowest BCUT2D eigenvalue weighted by Gasteiger charge is -2.13. The molecule has 0 spiro atoms. The summed E-state index contributed by atoms with van der Waals surface area (Å²) >= 11 is 0. The van der Waals surface area contributed by atoms with Gasteiger partial charge in [0, 0.05) is 29.5 Å². The zero-order valence-corrected chi connectivity index (χ0v) is 13.4. The predicted molar refractivity (Wildman–Crippen MR) is 82.4 cm³/mol. The Bertz CT molecular complexity index is 730. The molecule has 4 nitrogen and oxygen atoms in total. The third-order valence-electron chi connectivity index (χ3n) is 3.32. The van der Waals surface area contributed by atoms with Gasteiger partial charge in [0.05, 0.1) is 11.5 Å². The number of pyridine rings is 1. The second-order valence-electron chi connectivity index (χ2n) is 4.71. The van der Waals surface area contributed by atoms with E-state index >= 15 is 0 Å². The lowest BCUT2D eigenvalue weighted by molar-refractivity contribution is 0.319. The molecule has 0 bridgehead atoms. The van der Waals surface area contributed by atoms with Crippen LogP contribution in [0.1, 0.15) is 16.7 Å². The average Bonchev–Trinajstić information content (AvgIpc) is 2.43. The summed E-state index contributed by atoms with van der Waals surface area (Å²) < 4.78 is 28.6. The van der Waals surface area contributed by atoms with Crippen molar-refractivity contribution in [3.63, 3.8) is 0 Å². The first-order valence-corrected chi connectivity index (χ1v) is 8.77. The van der Waals surface area contributed by atoms with Crippen LogP contribution in [-0.2, 0) is 15.5 Å². The Kier molecular flexibility index (Phi) is 4.85. The number of hydrogen-bond acceptors (Lipinski definition) is 4. The van der Waals surface area contributed by atoms with Crippen LogP contribution in [0.5, 0.6) is 5.75 Å². The summed E-state index contributed by atoms with van der Waals surface area (Å²) in [4.78, 5) is 4.17. The van der Waals surface area contributed by atoms with Gasteiger partial charge in [-0.1, -0.05) is 6.07 Å². The first-order chi connectivity index (χ1) is 9.89. The summed E-state index contributed by atoms with van der Waals surface area (Å²) in [5, 5.41) is 0. The monoisotopic (exact) mass is 325 g/mol. The van der Waals surface area contributed by atoms with Crippen LogP contribution in [-0.4, -0.2) is 20.0 Å². The quantitative estimate of drug-likeness (QED) is 0.792. The molecule has 0 fully saturated rings. The van der Waals surface area contributed by atoms with Crippen LogP contribution in [0.2, 0.25) is 0 Å². The van der Waals surface area contributed by atoms with Crippen molar-refractivity contribution in [2.24, 2.45) is 0 Å². The van der Waals surface area contributed by atoms with E-state index in [-0.39, 0.29) is 4.90 Å². The molecule has 0 aliphatic heterocycles. The highest BCUT2D eigenvalue weighted by Crippen LogP contribution is 2.29. The van der Waals surface area contributed by atoms with Gasteiger partial charge in [0.1, 0.15) is 5.75 Å². The van der Waals surface area contributed by atoms with Crippen molar-refractivity contribution in [3.8, 4) is 5.75 Å². The van der Waals surface area contributed by atoms with E-state index in [4.69, 9.17) is 15.4 Å². The van der Waals surface area contributed by atoms with E-state index in [9.17, 15) is 8.42 Å². The van der Waals surface area contributed by atoms with Crippen LogP contribution in [0.4, 0.5) is 0 Å². The highest BCUT2D eigenvalue weighted by Gasteiger charge is 2.16. The van der Waals surface area contributed by atoms with E-state index < -0.39 is 9.05 Å². The van der Waals surface area contributed by atoms with Gasteiger partial charge in [-0.05, 0) is 48.7 Å². The fourth-order valence-electron chi connectivity index (χ4n) is 2.02. The number of rotatable bonds is 5. The molecule has 0 unspecified atom stereocenters. The molecule has 0 atom stereocenters. The zero-order chi connectivity index (χ0) is 15.5. The van der Waals surface area contributed by atoms with Gasteiger partial charge in [-0.25, -0.2) is 8.42 Å². The number of halogens is 1. The SMILES string of the molecule is Cc1c(OCCc2cccnc2)ccc(S(=O)(=O)Cl)c1C. The summed E-state index contributed by atoms with van der Waals surface area (Å²) in [6.07, 6.45) is 4.26. The Hall–Kier alpha value is -1.59. The maximum Gasteiger partial charge on any atom is 0.261 e. The summed E-state index contributed by atoms with van der Waals surface area (Å²) in [6.45, 7) is 4.04. The third kappa shape index (κ3) is 3.95. The first kappa shape index (κ1) is 15.8. The average molecular weight is 326 g/mol. The fraction of sp³-hybridized carbons (Fsp3) is 0.267. The van der Waals surface area contributed by atoms with Crippen molar-refractivity contribution < 1.29 is 13.2 Å². The largest absolute Gasteiger partial charge is 0.493 e. The first-order valence-electron chi connectivity index (χ1n) is 6.46. The van der Waals surface area contributed by atoms with E-state index in [1.807, 2.05) is 19.1 Å². The maximum atomic E-state index is 11.4. The highest BCUT2D eigenvalue weighted by molar-refractivity contribution is 8.13. The standard InChI is InChI=1S/C15H16ClNO3S/c1-11-12(2)15(21(16,18)19)6-5-14(11)20-9-7-13-4-3-8-17-10-13/h3-6,8,10H,7,9H2,1-2H3. The molecule has 112 valence electrons. The number of hydrogen-bond donors (Lipinski definition) is 0. The molecule has 1 heterocycles. The molecule has 0 amide bonds. The minimum absolute atomic E-state index is 0.126. The molecule has 6 heteroatoms. The van der Waals surface area contributed by atoms with Crippen LogP contribution in [0.3, 0.4) is 0 Å². The smallest absolute Gasteiger partial charge is 0.261 e. The Balaban J connectivity index is 2.10. The number of benzene rings is 1. The Morgan fingerprint density at radius 1 is 1.19 bits per heavy atom. The van der Waals surface area contributed by atoms with Crippen molar-refractivity contribution in [2.45, 2.75) is 25.2 Å². The molecule has 1 aromatic carbocycles. The van der Waals surface area contributed by atoms with E-state index in [1.165, 1.54) is 6.07 Å². The molecular formula is C15H16ClNO3S.